The summed E-state index contributed by atoms with van der Waals surface area (Å²) in [6.45, 7) is 10.5. The number of amides is 1. The van der Waals surface area contributed by atoms with Crippen LogP contribution in [0.15, 0.2) is 48.5 Å². The number of benzene rings is 3. The third-order valence-electron chi connectivity index (χ3n) is 5.33. The number of hydrogen-bond acceptors (Lipinski definition) is 3. The highest BCUT2D eigenvalue weighted by molar-refractivity contribution is 6.04. The Morgan fingerprint density at radius 2 is 1.60 bits per heavy atom. The van der Waals surface area contributed by atoms with Crippen molar-refractivity contribution in [3.8, 4) is 11.5 Å². The Balaban J connectivity index is 1.83. The zero-order valence-corrected chi connectivity index (χ0v) is 18.6. The van der Waals surface area contributed by atoms with E-state index < -0.39 is 0 Å². The fourth-order valence-corrected chi connectivity index (χ4v) is 3.40. The Morgan fingerprint density at radius 3 is 2.33 bits per heavy atom. The Bertz CT molecular complexity index is 1090. The molecule has 0 aromatic heterocycles. The van der Waals surface area contributed by atoms with E-state index in [-0.39, 0.29) is 5.91 Å². The number of carbonyl (C=O) groups is 1. The predicted molar refractivity (Wildman–Crippen MR) is 122 cm³/mol. The lowest BCUT2D eigenvalue weighted by atomic mass is 10.1. The molecule has 0 unspecified atom stereocenters. The first kappa shape index (κ1) is 21.4. The molecule has 0 saturated carbocycles. The van der Waals surface area contributed by atoms with E-state index in [4.69, 9.17) is 9.47 Å². The van der Waals surface area contributed by atoms with E-state index in [9.17, 15) is 4.79 Å². The van der Waals surface area contributed by atoms with Crippen molar-refractivity contribution < 1.29 is 14.3 Å². The molecule has 1 amide bonds. The van der Waals surface area contributed by atoms with Crippen molar-refractivity contribution in [2.75, 3.05) is 12.4 Å². The number of aryl methyl sites for hydroxylation is 4. The van der Waals surface area contributed by atoms with E-state index in [2.05, 4.69) is 32.2 Å². The Kier molecular flexibility index (Phi) is 6.46. The molecular weight excluding hydrogens is 374 g/mol. The number of ether oxygens (including phenoxy) is 2. The zero-order valence-electron chi connectivity index (χ0n) is 18.6. The molecule has 0 radical (unpaired) electrons. The number of carbonyl (C=O) groups excluding carboxylic acids is 1. The van der Waals surface area contributed by atoms with Gasteiger partial charge in [0.2, 0.25) is 0 Å². The summed E-state index contributed by atoms with van der Waals surface area (Å²) in [6, 6.07) is 15.6. The van der Waals surface area contributed by atoms with Gasteiger partial charge in [0.15, 0.2) is 0 Å². The van der Waals surface area contributed by atoms with Crippen LogP contribution in [-0.4, -0.2) is 13.0 Å². The van der Waals surface area contributed by atoms with Gasteiger partial charge in [-0.05, 0) is 92.8 Å². The van der Waals surface area contributed by atoms with Crippen LogP contribution in [0.2, 0.25) is 0 Å². The summed E-state index contributed by atoms with van der Waals surface area (Å²) in [7, 11) is 1.62. The first-order valence-electron chi connectivity index (χ1n) is 10.0. The van der Waals surface area contributed by atoms with Crippen LogP contribution in [0.5, 0.6) is 11.5 Å². The van der Waals surface area contributed by atoms with Gasteiger partial charge >= 0.3 is 0 Å². The van der Waals surface area contributed by atoms with Gasteiger partial charge in [-0.2, -0.15) is 0 Å². The molecule has 3 aromatic carbocycles. The fourth-order valence-electron chi connectivity index (χ4n) is 3.40. The summed E-state index contributed by atoms with van der Waals surface area (Å²) in [5.41, 5.74) is 7.79. The molecule has 0 aliphatic heterocycles. The average molecular weight is 404 g/mol. The normalized spacial score (nSPS) is 10.6. The van der Waals surface area contributed by atoms with Crippen LogP contribution in [0.1, 0.15) is 43.7 Å². The molecule has 0 fully saturated rings. The topological polar surface area (TPSA) is 47.6 Å². The van der Waals surface area contributed by atoms with Gasteiger partial charge in [-0.1, -0.05) is 18.2 Å². The summed E-state index contributed by atoms with van der Waals surface area (Å²) in [5, 5.41) is 3.01. The molecule has 0 aliphatic rings. The number of nitrogens with one attached hydrogen (secondary N) is 1. The molecule has 0 bridgehead atoms. The Morgan fingerprint density at radius 1 is 0.833 bits per heavy atom. The second-order valence-corrected chi connectivity index (χ2v) is 7.79. The maximum atomic E-state index is 12.9. The van der Waals surface area contributed by atoms with Gasteiger partial charge in [0, 0.05) is 16.8 Å². The molecule has 3 rings (SSSR count). The smallest absolute Gasteiger partial charge is 0.255 e. The number of anilines is 1. The first-order valence-corrected chi connectivity index (χ1v) is 10.0. The van der Waals surface area contributed by atoms with Crippen molar-refractivity contribution in [3.63, 3.8) is 0 Å². The second-order valence-electron chi connectivity index (χ2n) is 7.79. The minimum absolute atomic E-state index is 0.157. The quantitative estimate of drug-likeness (QED) is 0.543. The number of hydrogen-bond donors (Lipinski definition) is 1. The fraction of sp³-hybridized carbons (Fsp3) is 0.269. The SMILES string of the molecule is COc1ccc(C(=O)Nc2cc(C)ccc2C)cc1COc1cc(C)cc(C)c1C. The highest BCUT2D eigenvalue weighted by Gasteiger charge is 2.13. The van der Waals surface area contributed by atoms with Crippen LogP contribution in [-0.2, 0) is 6.61 Å². The van der Waals surface area contributed by atoms with E-state index in [0.29, 0.717) is 17.9 Å². The summed E-state index contributed by atoms with van der Waals surface area (Å²) in [4.78, 5) is 12.9. The van der Waals surface area contributed by atoms with Crippen LogP contribution in [0.25, 0.3) is 0 Å². The first-order chi connectivity index (χ1) is 14.3. The lowest BCUT2D eigenvalue weighted by molar-refractivity contribution is 0.102. The van der Waals surface area contributed by atoms with Crippen molar-refractivity contribution in [2.24, 2.45) is 0 Å². The largest absolute Gasteiger partial charge is 0.496 e. The molecule has 0 heterocycles. The van der Waals surface area contributed by atoms with Gasteiger partial charge in [0.1, 0.15) is 18.1 Å². The van der Waals surface area contributed by atoms with E-state index in [1.54, 1.807) is 13.2 Å². The Hall–Kier alpha value is -3.27. The van der Waals surface area contributed by atoms with E-state index in [0.717, 1.165) is 39.3 Å². The highest BCUT2D eigenvalue weighted by Crippen LogP contribution is 2.27. The lowest BCUT2D eigenvalue weighted by Crippen LogP contribution is -2.14. The van der Waals surface area contributed by atoms with E-state index >= 15 is 0 Å². The summed E-state index contributed by atoms with van der Waals surface area (Å²) in [5.74, 6) is 1.38. The monoisotopic (exact) mass is 403 g/mol. The maximum Gasteiger partial charge on any atom is 0.255 e. The predicted octanol–water partition coefficient (Wildman–Crippen LogP) is 6.07. The maximum absolute atomic E-state index is 12.9. The molecule has 4 nitrogen and oxygen atoms in total. The third-order valence-corrected chi connectivity index (χ3v) is 5.33. The molecule has 0 aliphatic carbocycles. The lowest BCUT2D eigenvalue weighted by Gasteiger charge is -2.15. The molecule has 1 N–H and O–H groups in total. The number of methoxy groups -OCH3 is 1. The molecule has 30 heavy (non-hydrogen) atoms. The van der Waals surface area contributed by atoms with E-state index in [1.807, 2.05) is 50.2 Å². The standard InChI is InChI=1S/C26H29NO3/c1-16-7-8-18(3)23(12-16)27-26(28)21-9-10-24(29-6)22(14-21)15-30-25-13-17(2)11-19(4)20(25)5/h7-14H,15H2,1-6H3,(H,27,28). The number of rotatable bonds is 6. The van der Waals surface area contributed by atoms with Crippen molar-refractivity contribution in [1.82, 2.24) is 0 Å². The van der Waals surface area contributed by atoms with Crippen LogP contribution in [0.4, 0.5) is 5.69 Å². The average Bonchev–Trinajstić information content (AvgIpc) is 2.72. The molecule has 3 aromatic rings. The van der Waals surface area contributed by atoms with Gasteiger partial charge in [-0.25, -0.2) is 0 Å². The third kappa shape index (κ3) is 4.82. The molecule has 0 spiro atoms. The summed E-state index contributed by atoms with van der Waals surface area (Å²) >= 11 is 0. The van der Waals surface area contributed by atoms with Crippen LogP contribution in [0.3, 0.4) is 0 Å². The van der Waals surface area contributed by atoms with Crippen LogP contribution < -0.4 is 14.8 Å². The minimum Gasteiger partial charge on any atom is -0.496 e. The molecule has 4 heteroatoms. The van der Waals surface area contributed by atoms with E-state index in [1.165, 1.54) is 5.56 Å². The van der Waals surface area contributed by atoms with Gasteiger partial charge in [-0.3, -0.25) is 4.79 Å². The molecule has 0 saturated heterocycles. The van der Waals surface area contributed by atoms with Gasteiger partial charge in [0.25, 0.3) is 5.91 Å². The van der Waals surface area contributed by atoms with Crippen molar-refractivity contribution in [2.45, 2.75) is 41.2 Å². The van der Waals surface area contributed by atoms with Crippen LogP contribution >= 0.6 is 0 Å². The van der Waals surface area contributed by atoms with Gasteiger partial charge < -0.3 is 14.8 Å². The van der Waals surface area contributed by atoms with Crippen LogP contribution in [0, 0.1) is 34.6 Å². The zero-order chi connectivity index (χ0) is 21.8. The van der Waals surface area contributed by atoms with Crippen molar-refractivity contribution in [3.05, 3.63) is 87.5 Å². The molecule has 156 valence electrons. The van der Waals surface area contributed by atoms with Gasteiger partial charge in [-0.15, -0.1) is 0 Å². The summed E-state index contributed by atoms with van der Waals surface area (Å²) < 4.78 is 11.6. The summed E-state index contributed by atoms with van der Waals surface area (Å²) in [6.07, 6.45) is 0. The van der Waals surface area contributed by atoms with Crippen molar-refractivity contribution >= 4 is 11.6 Å². The highest BCUT2D eigenvalue weighted by atomic mass is 16.5. The molecule has 0 atom stereocenters. The molecular formula is C26H29NO3. The van der Waals surface area contributed by atoms with Crippen molar-refractivity contribution in [1.29, 1.82) is 0 Å². The Labute approximate surface area is 178 Å². The van der Waals surface area contributed by atoms with Gasteiger partial charge in [0.05, 0.1) is 7.11 Å². The second kappa shape index (κ2) is 9.04. The minimum atomic E-state index is -0.157.